The van der Waals surface area contributed by atoms with Gasteiger partial charge in [0, 0.05) is 11.1 Å². The third kappa shape index (κ3) is 4.24. The van der Waals surface area contributed by atoms with Gasteiger partial charge in [-0.15, -0.1) is 16.4 Å². The summed E-state index contributed by atoms with van der Waals surface area (Å²) in [5.74, 6) is -1.49. The fraction of sp³-hybridized carbons (Fsp3) is 0.0714. The van der Waals surface area contributed by atoms with Gasteiger partial charge in [-0.25, -0.2) is 4.79 Å². The van der Waals surface area contributed by atoms with Gasteiger partial charge in [0.1, 0.15) is 16.9 Å². The molecule has 0 aliphatic heterocycles. The lowest BCUT2D eigenvalue weighted by Crippen LogP contribution is -2.21. The number of ether oxygens (including phenoxy) is 1. The maximum absolute atomic E-state index is 12.2. The van der Waals surface area contributed by atoms with Gasteiger partial charge in [-0.3, -0.25) is 14.9 Å². The minimum Gasteiger partial charge on any atom is -0.451 e. The van der Waals surface area contributed by atoms with Crippen LogP contribution in [-0.2, 0) is 9.53 Å². The van der Waals surface area contributed by atoms with Crippen molar-refractivity contribution < 1.29 is 19.2 Å². The van der Waals surface area contributed by atoms with Crippen LogP contribution in [0.5, 0.6) is 0 Å². The molecular weight excluding hydrogens is 400 g/mol. The number of amides is 1. The molecular formula is C14H9ClN6O5S. The Bertz CT molecular complexity index is 1010. The van der Waals surface area contributed by atoms with E-state index in [2.05, 4.69) is 20.8 Å². The Kier molecular flexibility index (Phi) is 5.38. The first-order valence-corrected chi connectivity index (χ1v) is 8.43. The molecule has 0 unspecified atom stereocenters. The van der Waals surface area contributed by atoms with Crippen LogP contribution in [0, 0.1) is 10.1 Å². The van der Waals surface area contributed by atoms with E-state index in [1.54, 1.807) is 11.4 Å². The molecule has 27 heavy (non-hydrogen) atoms. The van der Waals surface area contributed by atoms with Gasteiger partial charge in [0.15, 0.2) is 6.61 Å². The number of carbonyl (C=O) groups is 2. The van der Waals surface area contributed by atoms with Gasteiger partial charge >= 0.3 is 5.97 Å². The number of thiophene rings is 1. The summed E-state index contributed by atoms with van der Waals surface area (Å²) in [6, 6.07) is 5.40. The van der Waals surface area contributed by atoms with Crippen molar-refractivity contribution in [1.29, 1.82) is 0 Å². The highest BCUT2D eigenvalue weighted by Crippen LogP contribution is 2.27. The highest BCUT2D eigenvalue weighted by Gasteiger charge is 2.20. The van der Waals surface area contributed by atoms with Crippen LogP contribution in [0.2, 0.25) is 5.02 Å². The molecule has 3 rings (SSSR count). The van der Waals surface area contributed by atoms with Crippen LogP contribution in [0.4, 0.5) is 11.4 Å². The Morgan fingerprint density at radius 3 is 2.89 bits per heavy atom. The maximum atomic E-state index is 12.2. The quantitative estimate of drug-likeness (QED) is 0.371. The molecule has 0 bridgehead atoms. The molecule has 1 N–H and O–H groups in total. The number of anilines is 1. The number of hydrogen-bond acceptors (Lipinski definition) is 9. The number of tetrazole rings is 1. The van der Waals surface area contributed by atoms with Crippen LogP contribution in [0.1, 0.15) is 9.67 Å². The van der Waals surface area contributed by atoms with Gasteiger partial charge < -0.3 is 10.1 Å². The van der Waals surface area contributed by atoms with Crippen molar-refractivity contribution in [3.63, 3.8) is 0 Å². The fourth-order valence-electron chi connectivity index (χ4n) is 2.05. The second kappa shape index (κ2) is 7.88. The molecule has 0 radical (unpaired) electrons. The molecule has 1 amide bonds. The largest absolute Gasteiger partial charge is 0.451 e. The molecule has 1 aromatic carbocycles. The monoisotopic (exact) mass is 408 g/mol. The van der Waals surface area contributed by atoms with Crippen molar-refractivity contribution in [1.82, 2.24) is 20.2 Å². The molecule has 0 aliphatic rings. The van der Waals surface area contributed by atoms with Crippen LogP contribution in [0.3, 0.4) is 0 Å². The van der Waals surface area contributed by atoms with Crippen molar-refractivity contribution in [3.8, 4) is 5.69 Å². The van der Waals surface area contributed by atoms with E-state index in [1.165, 1.54) is 23.1 Å². The second-order valence-electron chi connectivity index (χ2n) is 4.93. The van der Waals surface area contributed by atoms with Crippen molar-refractivity contribution in [2.75, 3.05) is 11.9 Å². The van der Waals surface area contributed by atoms with Gasteiger partial charge in [0.05, 0.1) is 10.6 Å². The number of nitro groups is 1. The summed E-state index contributed by atoms with van der Waals surface area (Å²) >= 11 is 6.81. The average Bonchev–Trinajstić information content (AvgIpc) is 3.32. The predicted molar refractivity (Wildman–Crippen MR) is 94.0 cm³/mol. The number of nitro benzene ring substituents is 1. The van der Waals surface area contributed by atoms with Crippen LogP contribution >= 0.6 is 22.9 Å². The topological polar surface area (TPSA) is 142 Å². The Balaban J connectivity index is 1.65. The van der Waals surface area contributed by atoms with Gasteiger partial charge in [-0.05, 0) is 34.0 Å². The van der Waals surface area contributed by atoms with Crippen molar-refractivity contribution in [3.05, 3.63) is 56.0 Å². The SMILES string of the molecule is O=C(COC(=O)c1sccc1-n1cnnn1)Nc1ccc(Cl)cc1[N+](=O)[O-]. The Morgan fingerprint density at radius 2 is 2.19 bits per heavy atom. The van der Waals surface area contributed by atoms with E-state index in [1.807, 2.05) is 0 Å². The number of nitrogens with zero attached hydrogens (tertiary/aromatic N) is 5. The first-order valence-electron chi connectivity index (χ1n) is 7.17. The summed E-state index contributed by atoms with van der Waals surface area (Å²) < 4.78 is 6.25. The summed E-state index contributed by atoms with van der Waals surface area (Å²) in [5.41, 5.74) is -0.0268. The molecule has 2 aromatic heterocycles. The average molecular weight is 409 g/mol. The normalized spacial score (nSPS) is 10.4. The van der Waals surface area contributed by atoms with Gasteiger partial charge in [-0.2, -0.15) is 4.68 Å². The first-order chi connectivity index (χ1) is 13.0. The van der Waals surface area contributed by atoms with Crippen molar-refractivity contribution in [2.24, 2.45) is 0 Å². The number of halogens is 1. The van der Waals surface area contributed by atoms with Gasteiger partial charge in [0.2, 0.25) is 0 Å². The molecule has 0 saturated heterocycles. The predicted octanol–water partition coefficient (Wildman–Crippen LogP) is 2.08. The molecule has 2 heterocycles. The minimum atomic E-state index is -0.753. The second-order valence-corrected chi connectivity index (χ2v) is 6.28. The van der Waals surface area contributed by atoms with Crippen LogP contribution in [0.15, 0.2) is 36.0 Å². The van der Waals surface area contributed by atoms with Gasteiger partial charge in [-0.1, -0.05) is 11.6 Å². The molecule has 11 nitrogen and oxygen atoms in total. The van der Waals surface area contributed by atoms with Crippen molar-refractivity contribution in [2.45, 2.75) is 0 Å². The molecule has 3 aromatic rings. The smallest absolute Gasteiger partial charge is 0.351 e. The van der Waals surface area contributed by atoms with Crippen LogP contribution < -0.4 is 5.32 Å². The molecule has 13 heteroatoms. The molecule has 0 atom stereocenters. The summed E-state index contributed by atoms with van der Waals surface area (Å²) in [6.45, 7) is -0.633. The third-order valence-electron chi connectivity index (χ3n) is 3.19. The lowest BCUT2D eigenvalue weighted by molar-refractivity contribution is -0.383. The minimum absolute atomic E-state index is 0.0593. The Hall–Kier alpha value is -3.38. The third-order valence-corrected chi connectivity index (χ3v) is 4.31. The number of aromatic nitrogens is 4. The number of nitrogens with one attached hydrogen (secondary N) is 1. The molecule has 0 saturated carbocycles. The highest BCUT2D eigenvalue weighted by molar-refractivity contribution is 7.12. The highest BCUT2D eigenvalue weighted by atomic mass is 35.5. The number of rotatable bonds is 6. The summed E-state index contributed by atoms with van der Waals surface area (Å²) in [7, 11) is 0. The summed E-state index contributed by atoms with van der Waals surface area (Å²) in [6.07, 6.45) is 1.31. The zero-order valence-electron chi connectivity index (χ0n) is 13.2. The van der Waals surface area contributed by atoms with Crippen LogP contribution in [0.25, 0.3) is 5.69 Å². The molecule has 0 spiro atoms. The number of hydrogen-bond donors (Lipinski definition) is 1. The van der Waals surface area contributed by atoms with E-state index in [-0.39, 0.29) is 21.3 Å². The zero-order chi connectivity index (χ0) is 19.4. The van der Waals surface area contributed by atoms with E-state index in [0.29, 0.717) is 5.69 Å². The number of esters is 1. The lowest BCUT2D eigenvalue weighted by atomic mass is 10.2. The molecule has 0 fully saturated rings. The van der Waals surface area contributed by atoms with E-state index >= 15 is 0 Å². The first kappa shape index (κ1) is 18.4. The number of carbonyl (C=O) groups excluding carboxylic acids is 2. The Morgan fingerprint density at radius 1 is 1.37 bits per heavy atom. The van der Waals surface area contributed by atoms with E-state index < -0.39 is 23.4 Å². The summed E-state index contributed by atoms with van der Waals surface area (Å²) in [4.78, 5) is 34.7. The molecule has 0 aliphatic carbocycles. The summed E-state index contributed by atoms with van der Waals surface area (Å²) in [5, 5.41) is 25.8. The molecule has 138 valence electrons. The standard InChI is InChI=1S/C14H9ClN6O5S/c15-8-1-2-9(11(5-8)21(24)25)17-12(22)6-26-14(23)13-10(3-4-27-13)20-7-16-18-19-20/h1-5,7H,6H2,(H,17,22). The van der Waals surface area contributed by atoms with Crippen LogP contribution in [-0.4, -0.2) is 43.6 Å². The lowest BCUT2D eigenvalue weighted by Gasteiger charge is -2.07. The van der Waals surface area contributed by atoms with E-state index in [0.717, 1.165) is 17.4 Å². The Labute approximate surface area is 159 Å². The van der Waals surface area contributed by atoms with E-state index in [9.17, 15) is 19.7 Å². The zero-order valence-corrected chi connectivity index (χ0v) is 14.8. The maximum Gasteiger partial charge on any atom is 0.351 e. The van der Waals surface area contributed by atoms with Crippen molar-refractivity contribution >= 4 is 46.2 Å². The van der Waals surface area contributed by atoms with Gasteiger partial charge in [0.25, 0.3) is 11.6 Å². The van der Waals surface area contributed by atoms with E-state index in [4.69, 9.17) is 16.3 Å². The fourth-order valence-corrected chi connectivity index (χ4v) is 2.99. The number of benzene rings is 1.